The van der Waals surface area contributed by atoms with Crippen molar-refractivity contribution in [2.45, 2.75) is 13.5 Å². The number of benzene rings is 2. The van der Waals surface area contributed by atoms with Gasteiger partial charge in [-0.05, 0) is 18.1 Å². The Morgan fingerprint density at radius 1 is 0.950 bits per heavy atom. The minimum absolute atomic E-state index is 0.808. The lowest BCUT2D eigenvalue weighted by Gasteiger charge is -2.01. The molecular weight excluding hydrogens is 264 g/mol. The number of thiazole rings is 1. The van der Waals surface area contributed by atoms with E-state index in [9.17, 15) is 0 Å². The zero-order valence-electron chi connectivity index (χ0n) is 11.3. The minimum Gasteiger partial charge on any atom is -0.357 e. The number of hydrogen-bond acceptors (Lipinski definition) is 3. The molecule has 3 rings (SSSR count). The van der Waals surface area contributed by atoms with Gasteiger partial charge in [0, 0.05) is 6.54 Å². The second kappa shape index (κ2) is 5.88. The Balaban J connectivity index is 1.76. The fourth-order valence-corrected chi connectivity index (χ4v) is 3.07. The summed E-state index contributed by atoms with van der Waals surface area (Å²) in [6.45, 7) is 2.87. The summed E-state index contributed by atoms with van der Waals surface area (Å²) in [6.07, 6.45) is 0. The van der Waals surface area contributed by atoms with Crippen LogP contribution in [0.2, 0.25) is 0 Å². The lowest BCUT2D eigenvalue weighted by atomic mass is 10.2. The van der Waals surface area contributed by atoms with E-state index in [4.69, 9.17) is 0 Å². The molecule has 0 aliphatic rings. The molecule has 0 spiro atoms. The average molecular weight is 280 g/mol. The molecule has 1 aromatic heterocycles. The van der Waals surface area contributed by atoms with Gasteiger partial charge in [-0.3, -0.25) is 0 Å². The van der Waals surface area contributed by atoms with E-state index in [1.807, 2.05) is 12.1 Å². The zero-order chi connectivity index (χ0) is 13.8. The topological polar surface area (TPSA) is 24.9 Å². The molecule has 0 aliphatic carbocycles. The molecule has 100 valence electrons. The van der Waals surface area contributed by atoms with Crippen LogP contribution in [0.15, 0.2) is 60.7 Å². The minimum atomic E-state index is 0.808. The van der Waals surface area contributed by atoms with E-state index in [0.717, 1.165) is 17.4 Å². The summed E-state index contributed by atoms with van der Waals surface area (Å²) >= 11 is 1.71. The van der Waals surface area contributed by atoms with Crippen LogP contribution < -0.4 is 5.32 Å². The molecule has 0 radical (unpaired) electrons. The molecule has 2 nitrogen and oxygen atoms in total. The highest BCUT2D eigenvalue weighted by Gasteiger charge is 2.08. The van der Waals surface area contributed by atoms with Gasteiger partial charge in [-0.2, -0.15) is 0 Å². The van der Waals surface area contributed by atoms with E-state index in [0.29, 0.717) is 0 Å². The Bertz CT molecular complexity index is 675. The van der Waals surface area contributed by atoms with Crippen LogP contribution in [0.5, 0.6) is 0 Å². The Hall–Kier alpha value is -2.13. The first kappa shape index (κ1) is 12.9. The monoisotopic (exact) mass is 280 g/mol. The highest BCUT2D eigenvalue weighted by molar-refractivity contribution is 7.19. The first-order valence-electron chi connectivity index (χ1n) is 6.63. The van der Waals surface area contributed by atoms with Crippen molar-refractivity contribution >= 4 is 16.5 Å². The highest BCUT2D eigenvalue weighted by atomic mass is 32.1. The van der Waals surface area contributed by atoms with Gasteiger partial charge < -0.3 is 5.32 Å². The largest absolute Gasteiger partial charge is 0.357 e. The number of hydrogen-bond donors (Lipinski definition) is 1. The molecule has 0 fully saturated rings. The van der Waals surface area contributed by atoms with E-state index in [1.165, 1.54) is 16.0 Å². The van der Waals surface area contributed by atoms with Crippen LogP contribution in [0.4, 0.5) is 5.13 Å². The number of anilines is 1. The maximum Gasteiger partial charge on any atom is 0.183 e. The predicted molar refractivity (Wildman–Crippen MR) is 86.1 cm³/mol. The van der Waals surface area contributed by atoms with Crippen LogP contribution >= 0.6 is 11.3 Å². The van der Waals surface area contributed by atoms with Gasteiger partial charge in [-0.25, -0.2) is 4.98 Å². The highest BCUT2D eigenvalue weighted by Crippen LogP contribution is 2.32. The second-order valence-corrected chi connectivity index (χ2v) is 5.64. The number of nitrogens with zero attached hydrogens (tertiary/aromatic N) is 1. The maximum atomic E-state index is 4.61. The zero-order valence-corrected chi connectivity index (χ0v) is 12.2. The van der Waals surface area contributed by atoms with Gasteiger partial charge in [0.2, 0.25) is 0 Å². The van der Waals surface area contributed by atoms with Crippen LogP contribution in [0.25, 0.3) is 10.4 Å². The Morgan fingerprint density at radius 2 is 1.60 bits per heavy atom. The van der Waals surface area contributed by atoms with E-state index < -0.39 is 0 Å². The predicted octanol–water partition coefficient (Wildman–Crippen LogP) is 4.73. The first-order valence-corrected chi connectivity index (χ1v) is 7.45. The number of nitrogens with one attached hydrogen (secondary N) is 1. The van der Waals surface area contributed by atoms with Crippen molar-refractivity contribution < 1.29 is 0 Å². The molecule has 1 N–H and O–H groups in total. The molecule has 0 bridgehead atoms. The second-order valence-electron chi connectivity index (χ2n) is 4.64. The van der Waals surface area contributed by atoms with Crippen molar-refractivity contribution in [1.82, 2.24) is 4.98 Å². The Kier molecular flexibility index (Phi) is 3.79. The summed E-state index contributed by atoms with van der Waals surface area (Å²) in [4.78, 5) is 5.85. The fourth-order valence-electron chi connectivity index (χ4n) is 2.10. The van der Waals surface area contributed by atoms with Crippen LogP contribution in [0.3, 0.4) is 0 Å². The van der Waals surface area contributed by atoms with Gasteiger partial charge >= 0.3 is 0 Å². The third-order valence-corrected chi connectivity index (χ3v) is 4.28. The van der Waals surface area contributed by atoms with Crippen molar-refractivity contribution in [3.8, 4) is 10.4 Å². The van der Waals surface area contributed by atoms with Gasteiger partial charge in [0.25, 0.3) is 0 Å². The third kappa shape index (κ3) is 2.89. The molecule has 3 heteroatoms. The molecular formula is C17H16N2S. The van der Waals surface area contributed by atoms with Crippen molar-refractivity contribution in [3.63, 3.8) is 0 Å². The molecule has 2 aromatic carbocycles. The van der Waals surface area contributed by atoms with Gasteiger partial charge in [0.15, 0.2) is 5.13 Å². The van der Waals surface area contributed by atoms with Crippen molar-refractivity contribution in [3.05, 3.63) is 71.9 Å². The lowest BCUT2D eigenvalue weighted by Crippen LogP contribution is -1.98. The number of aryl methyl sites for hydroxylation is 1. The Labute approximate surface area is 123 Å². The van der Waals surface area contributed by atoms with Crippen molar-refractivity contribution in [1.29, 1.82) is 0 Å². The van der Waals surface area contributed by atoms with Crippen molar-refractivity contribution in [2.24, 2.45) is 0 Å². The number of aromatic nitrogens is 1. The van der Waals surface area contributed by atoms with E-state index in [1.54, 1.807) is 11.3 Å². The summed E-state index contributed by atoms with van der Waals surface area (Å²) in [5.74, 6) is 0. The number of rotatable bonds is 4. The molecule has 0 aliphatic heterocycles. The standard InChI is InChI=1S/C17H16N2S/c1-13-16(15-10-6-3-7-11-15)20-17(19-13)18-12-14-8-4-2-5-9-14/h2-11H,12H2,1H3,(H,18,19). The van der Waals surface area contributed by atoms with Gasteiger partial charge in [-0.1, -0.05) is 72.0 Å². The quantitative estimate of drug-likeness (QED) is 0.747. The molecule has 20 heavy (non-hydrogen) atoms. The summed E-state index contributed by atoms with van der Waals surface area (Å²) in [7, 11) is 0. The normalized spacial score (nSPS) is 10.4. The molecule has 0 atom stereocenters. The lowest BCUT2D eigenvalue weighted by molar-refractivity contribution is 1.12. The SMILES string of the molecule is Cc1nc(NCc2ccccc2)sc1-c1ccccc1. The fraction of sp³-hybridized carbons (Fsp3) is 0.118. The summed E-state index contributed by atoms with van der Waals surface area (Å²) < 4.78 is 0. The molecule has 1 heterocycles. The molecule has 0 amide bonds. The molecule has 0 saturated carbocycles. The van der Waals surface area contributed by atoms with Crippen LogP contribution in [-0.2, 0) is 6.54 Å². The van der Waals surface area contributed by atoms with Gasteiger partial charge in [0.05, 0.1) is 10.6 Å². The van der Waals surface area contributed by atoms with E-state index in [-0.39, 0.29) is 0 Å². The average Bonchev–Trinajstić information content (AvgIpc) is 2.88. The summed E-state index contributed by atoms with van der Waals surface area (Å²) in [5, 5.41) is 4.38. The third-order valence-electron chi connectivity index (χ3n) is 3.12. The summed E-state index contributed by atoms with van der Waals surface area (Å²) in [6, 6.07) is 20.8. The molecule has 0 saturated heterocycles. The Morgan fingerprint density at radius 3 is 2.30 bits per heavy atom. The van der Waals surface area contributed by atoms with Crippen molar-refractivity contribution in [2.75, 3.05) is 5.32 Å². The maximum absolute atomic E-state index is 4.61. The van der Waals surface area contributed by atoms with Gasteiger partial charge in [0.1, 0.15) is 0 Å². The van der Waals surface area contributed by atoms with E-state index in [2.05, 4.69) is 65.8 Å². The van der Waals surface area contributed by atoms with Crippen LogP contribution in [0, 0.1) is 6.92 Å². The first-order chi connectivity index (χ1) is 9.83. The smallest absolute Gasteiger partial charge is 0.183 e. The van der Waals surface area contributed by atoms with Gasteiger partial charge in [-0.15, -0.1) is 0 Å². The molecule has 0 unspecified atom stereocenters. The molecule has 3 aromatic rings. The van der Waals surface area contributed by atoms with Crippen LogP contribution in [-0.4, -0.2) is 4.98 Å². The summed E-state index contributed by atoms with van der Waals surface area (Å²) in [5.41, 5.74) is 3.58. The van der Waals surface area contributed by atoms with E-state index >= 15 is 0 Å². The van der Waals surface area contributed by atoms with Crippen LogP contribution in [0.1, 0.15) is 11.3 Å².